The number of aryl methyl sites for hydroxylation is 2. The Morgan fingerprint density at radius 3 is 2.89 bits per heavy atom. The number of hydrogen-bond donors (Lipinski definition) is 2. The molecule has 4 nitrogen and oxygen atoms in total. The van der Waals surface area contributed by atoms with E-state index in [1.807, 2.05) is 6.07 Å². The van der Waals surface area contributed by atoms with Gasteiger partial charge in [0.15, 0.2) is 5.11 Å². The first-order valence-electron chi connectivity index (χ1n) is 6.32. The summed E-state index contributed by atoms with van der Waals surface area (Å²) in [5.74, 6) is -1.07. The summed E-state index contributed by atoms with van der Waals surface area (Å²) in [7, 11) is 0. The van der Waals surface area contributed by atoms with E-state index in [-0.39, 0.29) is 11.9 Å². The van der Waals surface area contributed by atoms with Crippen molar-refractivity contribution >= 4 is 23.2 Å². The molecule has 96 valence electrons. The molecule has 0 saturated carbocycles. The van der Waals surface area contributed by atoms with E-state index in [0.29, 0.717) is 5.11 Å². The SMILES string of the molecule is N#C[C@@H]1C(=O)NC(=S)N[C@H]1c1ccc2c(c1)CCC2. The van der Waals surface area contributed by atoms with Gasteiger partial charge in [0, 0.05) is 0 Å². The molecule has 1 aliphatic heterocycles. The number of nitrogens with one attached hydrogen (secondary N) is 2. The second kappa shape index (κ2) is 4.63. The third kappa shape index (κ3) is 2.08. The zero-order valence-electron chi connectivity index (χ0n) is 10.3. The van der Waals surface area contributed by atoms with Crippen LogP contribution in [-0.2, 0) is 17.6 Å². The van der Waals surface area contributed by atoms with Gasteiger partial charge in [-0.15, -0.1) is 0 Å². The fourth-order valence-electron chi connectivity index (χ4n) is 2.80. The number of carbonyl (C=O) groups excluding carboxylic acids is 1. The molecule has 19 heavy (non-hydrogen) atoms. The lowest BCUT2D eigenvalue weighted by atomic mass is 9.90. The Morgan fingerprint density at radius 1 is 1.32 bits per heavy atom. The van der Waals surface area contributed by atoms with Crippen LogP contribution in [-0.4, -0.2) is 11.0 Å². The van der Waals surface area contributed by atoms with Gasteiger partial charge in [0.25, 0.3) is 0 Å². The number of benzene rings is 1. The quantitative estimate of drug-likeness (QED) is 0.757. The Labute approximate surface area is 116 Å². The van der Waals surface area contributed by atoms with Crippen molar-refractivity contribution in [3.05, 3.63) is 34.9 Å². The van der Waals surface area contributed by atoms with Crippen molar-refractivity contribution in [3.63, 3.8) is 0 Å². The van der Waals surface area contributed by atoms with Crippen molar-refractivity contribution in [1.82, 2.24) is 10.6 Å². The first-order valence-corrected chi connectivity index (χ1v) is 6.72. The molecule has 5 heteroatoms. The van der Waals surface area contributed by atoms with Gasteiger partial charge in [0.2, 0.25) is 5.91 Å². The summed E-state index contributed by atoms with van der Waals surface area (Å²) >= 11 is 5.01. The molecule has 1 aromatic carbocycles. The highest BCUT2D eigenvalue weighted by Gasteiger charge is 2.35. The summed E-state index contributed by atoms with van der Waals surface area (Å²) in [6, 6.07) is 7.90. The van der Waals surface area contributed by atoms with E-state index in [4.69, 9.17) is 12.2 Å². The van der Waals surface area contributed by atoms with E-state index in [1.54, 1.807) is 0 Å². The maximum absolute atomic E-state index is 11.8. The van der Waals surface area contributed by atoms with Crippen molar-refractivity contribution in [2.45, 2.75) is 25.3 Å². The minimum absolute atomic E-state index is 0.294. The number of carbonyl (C=O) groups is 1. The van der Waals surface area contributed by atoms with Crippen molar-refractivity contribution in [3.8, 4) is 6.07 Å². The molecule has 1 amide bonds. The van der Waals surface area contributed by atoms with Crippen LogP contribution in [0.15, 0.2) is 18.2 Å². The fraction of sp³-hybridized carbons (Fsp3) is 0.357. The Kier molecular flexibility index (Phi) is 2.96. The van der Waals surface area contributed by atoms with E-state index in [1.165, 1.54) is 17.5 Å². The highest BCUT2D eigenvalue weighted by Crippen LogP contribution is 2.29. The Hall–Kier alpha value is -1.93. The number of amides is 1. The van der Waals surface area contributed by atoms with Crippen LogP contribution >= 0.6 is 12.2 Å². The number of thiocarbonyl (C=S) groups is 1. The van der Waals surface area contributed by atoms with Gasteiger partial charge < -0.3 is 10.6 Å². The average molecular weight is 271 g/mol. The van der Waals surface area contributed by atoms with E-state index in [9.17, 15) is 10.1 Å². The Bertz CT molecular complexity index is 605. The lowest BCUT2D eigenvalue weighted by molar-refractivity contribution is -0.123. The number of hydrogen-bond acceptors (Lipinski definition) is 3. The van der Waals surface area contributed by atoms with Crippen LogP contribution in [0.5, 0.6) is 0 Å². The molecule has 0 radical (unpaired) electrons. The molecular weight excluding hydrogens is 258 g/mol. The molecule has 1 aromatic rings. The van der Waals surface area contributed by atoms with Crippen molar-refractivity contribution in [1.29, 1.82) is 5.26 Å². The molecule has 2 N–H and O–H groups in total. The molecule has 1 saturated heterocycles. The van der Waals surface area contributed by atoms with Gasteiger partial charge in [-0.3, -0.25) is 4.79 Å². The number of rotatable bonds is 1. The lowest BCUT2D eigenvalue weighted by Gasteiger charge is -2.29. The van der Waals surface area contributed by atoms with Gasteiger partial charge in [0.05, 0.1) is 12.1 Å². The maximum atomic E-state index is 11.8. The molecule has 3 rings (SSSR count). The maximum Gasteiger partial charge on any atom is 0.245 e. The molecule has 0 aromatic heterocycles. The zero-order valence-corrected chi connectivity index (χ0v) is 11.1. The summed E-state index contributed by atoms with van der Waals surface area (Å²) in [6.07, 6.45) is 3.37. The third-order valence-corrected chi connectivity index (χ3v) is 3.98. The molecule has 2 atom stereocenters. The van der Waals surface area contributed by atoms with Crippen LogP contribution in [0, 0.1) is 17.2 Å². The van der Waals surface area contributed by atoms with Crippen molar-refractivity contribution < 1.29 is 4.79 Å². The van der Waals surface area contributed by atoms with Gasteiger partial charge in [-0.2, -0.15) is 5.26 Å². The number of nitriles is 1. The van der Waals surface area contributed by atoms with Crippen LogP contribution in [0.4, 0.5) is 0 Å². The topological polar surface area (TPSA) is 64.9 Å². The largest absolute Gasteiger partial charge is 0.354 e. The molecule has 1 aliphatic carbocycles. The van der Waals surface area contributed by atoms with E-state index in [0.717, 1.165) is 18.4 Å². The highest BCUT2D eigenvalue weighted by atomic mass is 32.1. The standard InChI is InChI=1S/C14H13N3OS/c15-7-11-12(16-14(19)17-13(11)18)10-5-4-8-2-1-3-9(8)6-10/h4-6,11-12H,1-3H2,(H2,16,17,18,19)/t11-,12-/m0/s1. The van der Waals surface area contributed by atoms with E-state index in [2.05, 4.69) is 28.8 Å². The molecule has 0 unspecified atom stereocenters. The Balaban J connectivity index is 1.97. The van der Waals surface area contributed by atoms with E-state index >= 15 is 0 Å². The summed E-state index contributed by atoms with van der Waals surface area (Å²) < 4.78 is 0. The monoisotopic (exact) mass is 271 g/mol. The lowest BCUT2D eigenvalue weighted by Crippen LogP contribution is -2.53. The van der Waals surface area contributed by atoms with Gasteiger partial charge >= 0.3 is 0 Å². The van der Waals surface area contributed by atoms with Crippen molar-refractivity contribution in [2.24, 2.45) is 5.92 Å². The highest BCUT2D eigenvalue weighted by molar-refractivity contribution is 7.80. The van der Waals surface area contributed by atoms with Gasteiger partial charge in [-0.1, -0.05) is 18.2 Å². The first kappa shape index (κ1) is 12.1. The summed E-state index contributed by atoms with van der Waals surface area (Å²) in [5.41, 5.74) is 3.66. The second-order valence-corrected chi connectivity index (χ2v) is 5.34. The predicted molar refractivity (Wildman–Crippen MR) is 74.2 cm³/mol. The average Bonchev–Trinajstić information content (AvgIpc) is 2.85. The third-order valence-electron chi connectivity index (χ3n) is 3.76. The summed E-state index contributed by atoms with van der Waals surface area (Å²) in [5, 5.41) is 15.0. The fourth-order valence-corrected chi connectivity index (χ4v) is 3.02. The Morgan fingerprint density at radius 2 is 2.11 bits per heavy atom. The molecular formula is C14H13N3OS. The van der Waals surface area contributed by atoms with Gasteiger partial charge in [-0.25, -0.2) is 0 Å². The molecule has 1 heterocycles. The van der Waals surface area contributed by atoms with E-state index < -0.39 is 5.92 Å². The van der Waals surface area contributed by atoms with Gasteiger partial charge in [0.1, 0.15) is 5.92 Å². The first-order chi connectivity index (χ1) is 9.19. The van der Waals surface area contributed by atoms with Crippen LogP contribution in [0.3, 0.4) is 0 Å². The number of nitrogens with zero attached hydrogens (tertiary/aromatic N) is 1. The molecule has 2 aliphatic rings. The predicted octanol–water partition coefficient (Wildman–Crippen LogP) is 1.36. The van der Waals surface area contributed by atoms with Gasteiger partial charge in [-0.05, 0) is 48.2 Å². The van der Waals surface area contributed by atoms with Crippen LogP contribution < -0.4 is 10.6 Å². The van der Waals surface area contributed by atoms with Crippen LogP contribution in [0.25, 0.3) is 0 Å². The minimum atomic E-state index is -0.744. The number of fused-ring (bicyclic) bond motifs is 1. The second-order valence-electron chi connectivity index (χ2n) is 4.93. The molecule has 0 spiro atoms. The van der Waals surface area contributed by atoms with Crippen molar-refractivity contribution in [2.75, 3.05) is 0 Å². The smallest absolute Gasteiger partial charge is 0.245 e. The molecule has 0 bridgehead atoms. The minimum Gasteiger partial charge on any atom is -0.354 e. The normalized spacial score (nSPS) is 25.2. The van der Waals surface area contributed by atoms with Crippen LogP contribution in [0.1, 0.15) is 29.2 Å². The summed E-state index contributed by atoms with van der Waals surface area (Å²) in [6.45, 7) is 0. The summed E-state index contributed by atoms with van der Waals surface area (Å²) in [4.78, 5) is 11.8. The van der Waals surface area contributed by atoms with Crippen LogP contribution in [0.2, 0.25) is 0 Å². The zero-order chi connectivity index (χ0) is 13.4. The molecule has 1 fully saturated rings.